The summed E-state index contributed by atoms with van der Waals surface area (Å²) >= 11 is 0. The summed E-state index contributed by atoms with van der Waals surface area (Å²) in [6.07, 6.45) is 0.747. The van der Waals surface area contributed by atoms with Crippen molar-refractivity contribution in [1.82, 2.24) is 15.1 Å². The molecule has 0 rings (SSSR count). The minimum absolute atomic E-state index is 0.0260. The molecule has 0 spiro atoms. The molecule has 0 aromatic heterocycles. The maximum absolute atomic E-state index is 11.8. The quantitative estimate of drug-likeness (QED) is 0.574. The van der Waals surface area contributed by atoms with Gasteiger partial charge in [0, 0.05) is 20.6 Å². The molecule has 0 unspecified atom stereocenters. The van der Waals surface area contributed by atoms with E-state index in [0.29, 0.717) is 6.54 Å². The summed E-state index contributed by atoms with van der Waals surface area (Å²) < 4.78 is 0. The average Bonchev–Trinajstić information content (AvgIpc) is 2.34. The van der Waals surface area contributed by atoms with Gasteiger partial charge in [0.1, 0.15) is 0 Å². The Balaban J connectivity index is 4.35. The van der Waals surface area contributed by atoms with Gasteiger partial charge in [0.05, 0.1) is 19.6 Å². The summed E-state index contributed by atoms with van der Waals surface area (Å²) in [7, 11) is 3.26. The number of likely N-dealkylation sites (N-methyl/N-ethyl adjacent to an activating group) is 1. The van der Waals surface area contributed by atoms with Crippen LogP contribution in [0.4, 0.5) is 0 Å². The van der Waals surface area contributed by atoms with Gasteiger partial charge in [0.25, 0.3) is 0 Å². The van der Waals surface area contributed by atoms with Crippen LogP contribution in [0, 0.1) is 0 Å². The second-order valence-corrected chi connectivity index (χ2v) is 4.08. The maximum atomic E-state index is 11.8. The molecule has 3 amide bonds. The molecule has 3 N–H and O–H groups in total. The third-order valence-corrected chi connectivity index (χ3v) is 2.29. The van der Waals surface area contributed by atoms with Crippen molar-refractivity contribution in [2.24, 2.45) is 5.73 Å². The highest BCUT2D eigenvalue weighted by Crippen LogP contribution is 1.94. The Kier molecular flexibility index (Phi) is 7.69. The zero-order valence-corrected chi connectivity index (χ0v) is 11.2. The highest BCUT2D eigenvalue weighted by Gasteiger charge is 2.17. The van der Waals surface area contributed by atoms with Crippen molar-refractivity contribution in [1.29, 1.82) is 0 Å². The molecule has 0 radical (unpaired) electrons. The minimum Gasteiger partial charge on any atom is -0.347 e. The molecule has 0 saturated carbocycles. The van der Waals surface area contributed by atoms with E-state index in [4.69, 9.17) is 5.73 Å². The Morgan fingerprint density at radius 2 is 1.78 bits per heavy atom. The van der Waals surface area contributed by atoms with E-state index in [9.17, 15) is 14.4 Å². The first kappa shape index (κ1) is 16.4. The Hall–Kier alpha value is -1.63. The van der Waals surface area contributed by atoms with Crippen LogP contribution in [0.5, 0.6) is 0 Å². The van der Waals surface area contributed by atoms with E-state index in [1.165, 1.54) is 9.80 Å². The molecule has 0 atom stereocenters. The van der Waals surface area contributed by atoms with Gasteiger partial charge in [-0.15, -0.1) is 0 Å². The largest absolute Gasteiger partial charge is 0.347 e. The Bertz CT molecular complexity index is 305. The van der Waals surface area contributed by atoms with Gasteiger partial charge in [-0.25, -0.2) is 0 Å². The SMILES string of the molecule is CCCN(CC(=O)N(C)C)C(=O)CNC(=O)CN. The zero-order chi connectivity index (χ0) is 14.1. The fourth-order valence-corrected chi connectivity index (χ4v) is 1.22. The van der Waals surface area contributed by atoms with Crippen molar-refractivity contribution in [3.8, 4) is 0 Å². The summed E-state index contributed by atoms with van der Waals surface area (Å²) in [5.41, 5.74) is 5.12. The van der Waals surface area contributed by atoms with Crippen molar-refractivity contribution in [2.45, 2.75) is 13.3 Å². The number of carbonyl (C=O) groups is 3. The fraction of sp³-hybridized carbons (Fsp3) is 0.727. The predicted molar refractivity (Wildman–Crippen MR) is 67.6 cm³/mol. The molecule has 0 aliphatic rings. The number of nitrogens with two attached hydrogens (primary N) is 1. The molecule has 0 heterocycles. The lowest BCUT2D eigenvalue weighted by molar-refractivity contribution is -0.139. The molecule has 0 bridgehead atoms. The van der Waals surface area contributed by atoms with E-state index < -0.39 is 5.91 Å². The third-order valence-electron chi connectivity index (χ3n) is 2.29. The lowest BCUT2D eigenvalue weighted by Crippen LogP contribution is -2.46. The van der Waals surface area contributed by atoms with Gasteiger partial charge in [-0.3, -0.25) is 14.4 Å². The number of amides is 3. The highest BCUT2D eigenvalue weighted by atomic mass is 16.2. The van der Waals surface area contributed by atoms with Crippen LogP contribution in [0.2, 0.25) is 0 Å². The van der Waals surface area contributed by atoms with Gasteiger partial charge in [-0.1, -0.05) is 6.92 Å². The average molecular weight is 258 g/mol. The molecule has 7 heteroatoms. The minimum atomic E-state index is -0.390. The summed E-state index contributed by atoms with van der Waals surface area (Å²) in [6, 6.07) is 0. The van der Waals surface area contributed by atoms with Gasteiger partial charge in [-0.2, -0.15) is 0 Å². The topological polar surface area (TPSA) is 95.7 Å². The number of hydrogen-bond donors (Lipinski definition) is 2. The lowest BCUT2D eigenvalue weighted by atomic mass is 10.3. The van der Waals surface area contributed by atoms with Gasteiger partial charge in [0.2, 0.25) is 17.7 Å². The molecule has 0 saturated heterocycles. The van der Waals surface area contributed by atoms with E-state index in [-0.39, 0.29) is 31.4 Å². The van der Waals surface area contributed by atoms with Crippen molar-refractivity contribution >= 4 is 17.7 Å². The van der Waals surface area contributed by atoms with Gasteiger partial charge in [-0.05, 0) is 6.42 Å². The smallest absolute Gasteiger partial charge is 0.242 e. The van der Waals surface area contributed by atoms with Crippen molar-refractivity contribution in [3.05, 3.63) is 0 Å². The van der Waals surface area contributed by atoms with Crippen LogP contribution in [0.25, 0.3) is 0 Å². The van der Waals surface area contributed by atoms with Crippen LogP contribution in [0.1, 0.15) is 13.3 Å². The van der Waals surface area contributed by atoms with Crippen molar-refractivity contribution in [3.63, 3.8) is 0 Å². The van der Waals surface area contributed by atoms with Crippen LogP contribution in [0.15, 0.2) is 0 Å². The molecule has 7 nitrogen and oxygen atoms in total. The number of carbonyl (C=O) groups excluding carboxylic acids is 3. The number of nitrogens with zero attached hydrogens (tertiary/aromatic N) is 2. The van der Waals surface area contributed by atoms with Crippen LogP contribution >= 0.6 is 0 Å². The molecule has 0 aliphatic heterocycles. The van der Waals surface area contributed by atoms with E-state index in [2.05, 4.69) is 5.32 Å². The predicted octanol–water partition coefficient (Wildman–Crippen LogP) is -1.61. The lowest BCUT2D eigenvalue weighted by Gasteiger charge is -2.23. The highest BCUT2D eigenvalue weighted by molar-refractivity contribution is 5.88. The second-order valence-electron chi connectivity index (χ2n) is 4.08. The van der Waals surface area contributed by atoms with Crippen LogP contribution in [-0.4, -0.2) is 67.8 Å². The molecular weight excluding hydrogens is 236 g/mol. The van der Waals surface area contributed by atoms with E-state index in [0.717, 1.165) is 6.42 Å². The van der Waals surface area contributed by atoms with Crippen LogP contribution in [0.3, 0.4) is 0 Å². The van der Waals surface area contributed by atoms with E-state index in [1.54, 1.807) is 14.1 Å². The molecule has 0 aliphatic carbocycles. The van der Waals surface area contributed by atoms with Gasteiger partial charge >= 0.3 is 0 Å². The fourth-order valence-electron chi connectivity index (χ4n) is 1.22. The molecule has 104 valence electrons. The first-order valence-electron chi connectivity index (χ1n) is 5.87. The summed E-state index contributed by atoms with van der Waals surface area (Å²) in [6.45, 7) is 2.14. The summed E-state index contributed by atoms with van der Waals surface area (Å²) in [5.74, 6) is -0.825. The van der Waals surface area contributed by atoms with Gasteiger partial charge < -0.3 is 20.9 Å². The molecule has 0 aromatic rings. The number of rotatable bonds is 7. The van der Waals surface area contributed by atoms with Crippen LogP contribution < -0.4 is 11.1 Å². The molecule has 0 aromatic carbocycles. The van der Waals surface area contributed by atoms with Crippen LogP contribution in [-0.2, 0) is 14.4 Å². The Labute approximate surface area is 107 Å². The van der Waals surface area contributed by atoms with Crippen molar-refractivity contribution in [2.75, 3.05) is 40.3 Å². The summed E-state index contributed by atoms with van der Waals surface area (Å²) in [4.78, 5) is 37.2. The monoisotopic (exact) mass is 258 g/mol. The number of nitrogens with one attached hydrogen (secondary N) is 1. The summed E-state index contributed by atoms with van der Waals surface area (Å²) in [5, 5.41) is 2.39. The van der Waals surface area contributed by atoms with Gasteiger partial charge in [0.15, 0.2) is 0 Å². The first-order chi connectivity index (χ1) is 8.42. The zero-order valence-electron chi connectivity index (χ0n) is 11.2. The van der Waals surface area contributed by atoms with E-state index in [1.807, 2.05) is 6.92 Å². The molecule has 0 fully saturated rings. The normalized spacial score (nSPS) is 9.78. The van der Waals surface area contributed by atoms with E-state index >= 15 is 0 Å². The number of hydrogen-bond acceptors (Lipinski definition) is 4. The standard InChI is InChI=1S/C11H22N4O3/c1-4-5-15(8-11(18)14(2)3)10(17)7-13-9(16)6-12/h4-8,12H2,1-3H3,(H,13,16). The molecule has 18 heavy (non-hydrogen) atoms. The first-order valence-corrected chi connectivity index (χ1v) is 5.87. The third kappa shape index (κ3) is 6.19. The second kappa shape index (κ2) is 8.46. The maximum Gasteiger partial charge on any atom is 0.242 e. The Morgan fingerprint density at radius 3 is 2.22 bits per heavy atom. The Morgan fingerprint density at radius 1 is 1.17 bits per heavy atom. The van der Waals surface area contributed by atoms with Crippen molar-refractivity contribution < 1.29 is 14.4 Å². The molecular formula is C11H22N4O3.